The average Bonchev–Trinajstić information content (AvgIpc) is 3.14. The number of ether oxygens (including phenoxy) is 1. The average molecular weight is 341 g/mol. The standard InChI is InChI=1S/C20H20N2O.ClH/c1-23-15-8-10-18-16(12-15)20-17-9-7-13(21-17)11-19(20)22(18)14-5-3-2-4-6-14;/h2-6,8,10,12-13,17,21H,7,9,11H2,1H3;1H. The van der Waals surface area contributed by atoms with Crippen LogP contribution < -0.4 is 10.1 Å². The van der Waals surface area contributed by atoms with Crippen molar-refractivity contribution in [1.29, 1.82) is 0 Å². The van der Waals surface area contributed by atoms with E-state index in [0.717, 1.165) is 12.2 Å². The Hall–Kier alpha value is -1.97. The van der Waals surface area contributed by atoms with Gasteiger partial charge in [0.2, 0.25) is 0 Å². The number of nitrogens with one attached hydrogen (secondary N) is 1. The van der Waals surface area contributed by atoms with Gasteiger partial charge < -0.3 is 14.6 Å². The Kier molecular flexibility index (Phi) is 3.78. The molecule has 1 saturated heterocycles. The van der Waals surface area contributed by atoms with Crippen molar-refractivity contribution in [3.05, 3.63) is 59.8 Å². The van der Waals surface area contributed by atoms with Gasteiger partial charge in [0.25, 0.3) is 0 Å². The number of benzene rings is 2. The highest BCUT2D eigenvalue weighted by atomic mass is 35.5. The molecule has 2 aliphatic rings. The maximum atomic E-state index is 5.48. The van der Waals surface area contributed by atoms with Gasteiger partial charge in [-0.3, -0.25) is 0 Å². The number of aromatic nitrogens is 1. The summed E-state index contributed by atoms with van der Waals surface area (Å²) in [5.74, 6) is 0.936. The van der Waals surface area contributed by atoms with Gasteiger partial charge in [0, 0.05) is 35.3 Å². The number of hydrogen-bond donors (Lipinski definition) is 1. The largest absolute Gasteiger partial charge is 0.497 e. The fourth-order valence-corrected chi connectivity index (χ4v) is 4.38. The summed E-state index contributed by atoms with van der Waals surface area (Å²) in [6.45, 7) is 0. The molecule has 3 heterocycles. The van der Waals surface area contributed by atoms with Crippen molar-refractivity contribution in [2.75, 3.05) is 7.11 Å². The Morgan fingerprint density at radius 1 is 1.08 bits per heavy atom. The van der Waals surface area contributed by atoms with Gasteiger partial charge in [-0.1, -0.05) is 18.2 Å². The van der Waals surface area contributed by atoms with Crippen molar-refractivity contribution in [1.82, 2.24) is 9.88 Å². The van der Waals surface area contributed by atoms with Crippen molar-refractivity contribution in [2.24, 2.45) is 0 Å². The van der Waals surface area contributed by atoms with Crippen LogP contribution in [0.3, 0.4) is 0 Å². The summed E-state index contributed by atoms with van der Waals surface area (Å²) < 4.78 is 7.93. The SMILES string of the molecule is COc1ccc2c(c1)c1c(n2-c2ccccc2)CC2CCC1N2.Cl. The molecule has 2 aromatic carbocycles. The summed E-state index contributed by atoms with van der Waals surface area (Å²) in [5, 5.41) is 5.12. The van der Waals surface area contributed by atoms with E-state index < -0.39 is 0 Å². The summed E-state index contributed by atoms with van der Waals surface area (Å²) >= 11 is 0. The minimum absolute atomic E-state index is 0. The Morgan fingerprint density at radius 3 is 2.71 bits per heavy atom. The Morgan fingerprint density at radius 2 is 1.92 bits per heavy atom. The second-order valence-corrected chi connectivity index (χ2v) is 6.61. The smallest absolute Gasteiger partial charge is 0.119 e. The number of methoxy groups -OCH3 is 1. The van der Waals surface area contributed by atoms with Crippen LogP contribution in [-0.4, -0.2) is 17.7 Å². The van der Waals surface area contributed by atoms with Gasteiger partial charge in [0.05, 0.1) is 12.6 Å². The molecular formula is C20H21ClN2O. The van der Waals surface area contributed by atoms with E-state index in [1.165, 1.54) is 40.7 Å². The molecule has 124 valence electrons. The molecule has 2 aliphatic heterocycles. The lowest BCUT2D eigenvalue weighted by molar-refractivity contribution is 0.415. The van der Waals surface area contributed by atoms with E-state index in [9.17, 15) is 0 Å². The van der Waals surface area contributed by atoms with Gasteiger partial charge >= 0.3 is 0 Å². The van der Waals surface area contributed by atoms with Gasteiger partial charge in [-0.2, -0.15) is 0 Å². The first-order chi connectivity index (χ1) is 11.3. The van der Waals surface area contributed by atoms with E-state index in [1.54, 1.807) is 7.11 Å². The monoisotopic (exact) mass is 340 g/mol. The first-order valence-corrected chi connectivity index (χ1v) is 8.38. The molecule has 3 nitrogen and oxygen atoms in total. The molecule has 1 aromatic heterocycles. The first-order valence-electron chi connectivity index (χ1n) is 8.38. The summed E-state index contributed by atoms with van der Waals surface area (Å²) in [4.78, 5) is 0. The molecule has 0 amide bonds. The number of para-hydroxylation sites is 1. The fourth-order valence-electron chi connectivity index (χ4n) is 4.38. The molecule has 2 unspecified atom stereocenters. The molecule has 3 aromatic rings. The number of hydrogen-bond acceptors (Lipinski definition) is 2. The van der Waals surface area contributed by atoms with E-state index in [-0.39, 0.29) is 12.4 Å². The predicted octanol–water partition coefficient (Wildman–Crippen LogP) is 4.41. The minimum atomic E-state index is 0. The van der Waals surface area contributed by atoms with Gasteiger partial charge in [0.15, 0.2) is 0 Å². The topological polar surface area (TPSA) is 26.2 Å². The van der Waals surface area contributed by atoms with Crippen LogP contribution in [0.1, 0.15) is 30.1 Å². The van der Waals surface area contributed by atoms with Gasteiger partial charge in [-0.25, -0.2) is 0 Å². The third-order valence-electron chi connectivity index (χ3n) is 5.36. The van der Waals surface area contributed by atoms with Gasteiger partial charge in [-0.05, 0) is 48.7 Å². The lowest BCUT2D eigenvalue weighted by atomic mass is 9.99. The van der Waals surface area contributed by atoms with Crippen LogP contribution in [0, 0.1) is 0 Å². The quantitative estimate of drug-likeness (QED) is 0.747. The molecule has 5 rings (SSSR count). The molecule has 2 atom stereocenters. The minimum Gasteiger partial charge on any atom is -0.497 e. The first kappa shape index (κ1) is 15.6. The lowest BCUT2D eigenvalue weighted by Crippen LogP contribution is -2.32. The number of fused-ring (bicyclic) bond motifs is 6. The van der Waals surface area contributed by atoms with Crippen LogP contribution in [0.2, 0.25) is 0 Å². The molecule has 0 spiro atoms. The maximum absolute atomic E-state index is 5.48. The molecule has 0 aliphatic carbocycles. The third kappa shape index (κ3) is 2.15. The normalized spacial score (nSPS) is 21.4. The van der Waals surface area contributed by atoms with E-state index in [1.807, 2.05) is 0 Å². The zero-order valence-electron chi connectivity index (χ0n) is 13.7. The van der Waals surface area contributed by atoms with Crippen LogP contribution >= 0.6 is 12.4 Å². The molecule has 1 fully saturated rings. The Balaban J connectivity index is 0.00000146. The Bertz CT molecular complexity index is 888. The van der Waals surface area contributed by atoms with Crippen molar-refractivity contribution in [3.63, 3.8) is 0 Å². The van der Waals surface area contributed by atoms with Crippen LogP contribution in [0.4, 0.5) is 0 Å². The summed E-state index contributed by atoms with van der Waals surface area (Å²) in [7, 11) is 1.74. The van der Waals surface area contributed by atoms with Crippen LogP contribution in [0.5, 0.6) is 5.75 Å². The summed E-state index contributed by atoms with van der Waals surface area (Å²) in [5.41, 5.74) is 5.50. The van der Waals surface area contributed by atoms with E-state index >= 15 is 0 Å². The highest BCUT2D eigenvalue weighted by Gasteiger charge is 2.36. The molecule has 24 heavy (non-hydrogen) atoms. The lowest BCUT2D eigenvalue weighted by Gasteiger charge is -2.24. The molecule has 0 radical (unpaired) electrons. The van der Waals surface area contributed by atoms with E-state index in [4.69, 9.17) is 4.74 Å². The molecule has 4 heteroatoms. The Labute approximate surface area is 148 Å². The predicted molar refractivity (Wildman–Crippen MR) is 99.7 cm³/mol. The van der Waals surface area contributed by atoms with E-state index in [0.29, 0.717) is 12.1 Å². The molecule has 1 N–H and O–H groups in total. The number of rotatable bonds is 2. The summed E-state index contributed by atoms with van der Waals surface area (Å²) in [6, 6.07) is 18.3. The zero-order valence-corrected chi connectivity index (χ0v) is 14.5. The van der Waals surface area contributed by atoms with Crippen molar-refractivity contribution in [2.45, 2.75) is 31.3 Å². The van der Waals surface area contributed by atoms with Gasteiger partial charge in [-0.15, -0.1) is 12.4 Å². The summed E-state index contributed by atoms with van der Waals surface area (Å²) in [6.07, 6.45) is 3.63. The van der Waals surface area contributed by atoms with Crippen molar-refractivity contribution < 1.29 is 4.74 Å². The molecule has 0 saturated carbocycles. The maximum Gasteiger partial charge on any atom is 0.119 e. The highest BCUT2D eigenvalue weighted by Crippen LogP contribution is 2.43. The second kappa shape index (κ2) is 5.83. The van der Waals surface area contributed by atoms with Crippen LogP contribution in [0.25, 0.3) is 16.6 Å². The van der Waals surface area contributed by atoms with Crippen molar-refractivity contribution in [3.8, 4) is 11.4 Å². The van der Waals surface area contributed by atoms with Crippen LogP contribution in [0.15, 0.2) is 48.5 Å². The van der Waals surface area contributed by atoms with Gasteiger partial charge in [0.1, 0.15) is 5.75 Å². The third-order valence-corrected chi connectivity index (χ3v) is 5.36. The van der Waals surface area contributed by atoms with Crippen molar-refractivity contribution >= 4 is 23.3 Å². The molecular weight excluding hydrogens is 320 g/mol. The number of nitrogens with zero attached hydrogens (tertiary/aromatic N) is 1. The fraction of sp³-hybridized carbons (Fsp3) is 0.300. The van der Waals surface area contributed by atoms with Crippen LogP contribution in [-0.2, 0) is 6.42 Å². The van der Waals surface area contributed by atoms with E-state index in [2.05, 4.69) is 58.4 Å². The molecule has 2 bridgehead atoms. The zero-order chi connectivity index (χ0) is 15.4. The number of halogens is 1. The highest BCUT2D eigenvalue weighted by molar-refractivity contribution is 5.89. The second-order valence-electron chi connectivity index (χ2n) is 6.61.